The van der Waals surface area contributed by atoms with Crippen molar-refractivity contribution in [1.29, 1.82) is 5.26 Å². The van der Waals surface area contributed by atoms with Gasteiger partial charge in [0, 0.05) is 25.6 Å². The molecule has 0 amide bonds. The molecule has 0 aromatic carbocycles. The lowest BCUT2D eigenvalue weighted by Gasteiger charge is -2.26. The maximum Gasteiger partial charge on any atom is 0.0628 e. The summed E-state index contributed by atoms with van der Waals surface area (Å²) < 4.78 is 0. The molecule has 0 spiro atoms. The molecule has 3 rings (SSSR count). The van der Waals surface area contributed by atoms with E-state index in [0.717, 1.165) is 25.6 Å². The Morgan fingerprint density at radius 3 is 2.82 bits per heavy atom. The standard InChI is InChI=1S/C14H18N2S/c15-7-6-14(4-5-14)11-16(13-1-2-13)9-12-3-8-17-10-12/h3,8,10,13H,1-2,4-6,9,11H2. The van der Waals surface area contributed by atoms with E-state index in [-0.39, 0.29) is 0 Å². The van der Waals surface area contributed by atoms with Crippen LogP contribution >= 0.6 is 11.3 Å². The van der Waals surface area contributed by atoms with Crippen molar-refractivity contribution < 1.29 is 0 Å². The molecule has 0 saturated heterocycles. The van der Waals surface area contributed by atoms with Crippen LogP contribution in [0.4, 0.5) is 0 Å². The van der Waals surface area contributed by atoms with Crippen molar-refractivity contribution in [3.63, 3.8) is 0 Å². The fourth-order valence-corrected chi connectivity index (χ4v) is 3.20. The molecular weight excluding hydrogens is 228 g/mol. The van der Waals surface area contributed by atoms with Crippen LogP contribution in [0.25, 0.3) is 0 Å². The molecule has 17 heavy (non-hydrogen) atoms. The van der Waals surface area contributed by atoms with Crippen molar-refractivity contribution in [2.24, 2.45) is 5.41 Å². The SMILES string of the molecule is N#CCC1(CN(Cc2ccsc2)C2CC2)CC1. The van der Waals surface area contributed by atoms with Gasteiger partial charge >= 0.3 is 0 Å². The van der Waals surface area contributed by atoms with Crippen LogP contribution in [-0.2, 0) is 6.54 Å². The van der Waals surface area contributed by atoms with E-state index in [2.05, 4.69) is 27.8 Å². The van der Waals surface area contributed by atoms with E-state index in [1.54, 1.807) is 11.3 Å². The summed E-state index contributed by atoms with van der Waals surface area (Å²) in [4.78, 5) is 2.62. The number of nitriles is 1. The summed E-state index contributed by atoms with van der Waals surface area (Å²) in [5, 5.41) is 13.3. The molecule has 1 aromatic heterocycles. The first kappa shape index (κ1) is 11.3. The van der Waals surface area contributed by atoms with Crippen LogP contribution in [-0.4, -0.2) is 17.5 Å². The molecule has 2 fully saturated rings. The van der Waals surface area contributed by atoms with E-state index < -0.39 is 0 Å². The van der Waals surface area contributed by atoms with Gasteiger partial charge in [-0.1, -0.05) is 0 Å². The zero-order valence-corrected chi connectivity index (χ0v) is 10.9. The molecular formula is C14H18N2S. The number of rotatable bonds is 6. The van der Waals surface area contributed by atoms with Crippen LogP contribution in [0.2, 0.25) is 0 Å². The zero-order chi connectivity index (χ0) is 11.7. The largest absolute Gasteiger partial charge is 0.296 e. The van der Waals surface area contributed by atoms with E-state index in [1.165, 1.54) is 31.2 Å². The second-order valence-corrected chi connectivity index (χ2v) is 6.38. The molecule has 2 saturated carbocycles. The third-order valence-corrected chi connectivity index (χ3v) is 4.71. The summed E-state index contributed by atoms with van der Waals surface area (Å²) in [5.41, 5.74) is 1.79. The molecule has 0 atom stereocenters. The van der Waals surface area contributed by atoms with Gasteiger partial charge in [-0.3, -0.25) is 4.90 Å². The Balaban J connectivity index is 1.63. The molecule has 2 aliphatic carbocycles. The minimum absolute atomic E-state index is 0.355. The maximum absolute atomic E-state index is 8.90. The van der Waals surface area contributed by atoms with Crippen molar-refractivity contribution >= 4 is 11.3 Å². The molecule has 1 aromatic rings. The smallest absolute Gasteiger partial charge is 0.0628 e. The third-order valence-electron chi connectivity index (χ3n) is 3.98. The lowest BCUT2D eigenvalue weighted by atomic mass is 10.0. The van der Waals surface area contributed by atoms with Crippen LogP contribution in [0.15, 0.2) is 16.8 Å². The molecule has 0 N–H and O–H groups in total. The highest BCUT2D eigenvalue weighted by atomic mass is 32.1. The monoisotopic (exact) mass is 246 g/mol. The predicted molar refractivity (Wildman–Crippen MR) is 69.6 cm³/mol. The maximum atomic E-state index is 8.90. The summed E-state index contributed by atoms with van der Waals surface area (Å²) in [6.45, 7) is 2.22. The van der Waals surface area contributed by atoms with Gasteiger partial charge in [0.25, 0.3) is 0 Å². The molecule has 2 nitrogen and oxygen atoms in total. The van der Waals surface area contributed by atoms with Gasteiger partial charge in [0.1, 0.15) is 0 Å². The molecule has 90 valence electrons. The number of hydrogen-bond donors (Lipinski definition) is 0. The van der Waals surface area contributed by atoms with Crippen LogP contribution in [0.1, 0.15) is 37.7 Å². The van der Waals surface area contributed by atoms with Crippen molar-refractivity contribution in [3.05, 3.63) is 22.4 Å². The van der Waals surface area contributed by atoms with Gasteiger partial charge in [-0.05, 0) is 53.5 Å². The first-order valence-corrected chi connectivity index (χ1v) is 7.38. The van der Waals surface area contributed by atoms with Crippen molar-refractivity contribution in [3.8, 4) is 6.07 Å². The van der Waals surface area contributed by atoms with Crippen molar-refractivity contribution in [1.82, 2.24) is 4.90 Å². The minimum Gasteiger partial charge on any atom is -0.296 e. The Labute approximate surface area is 107 Å². The summed E-state index contributed by atoms with van der Waals surface area (Å²) in [6.07, 6.45) is 5.97. The molecule has 0 unspecified atom stereocenters. The fourth-order valence-electron chi connectivity index (χ4n) is 2.54. The molecule has 3 heteroatoms. The lowest BCUT2D eigenvalue weighted by molar-refractivity contribution is 0.203. The normalized spacial score (nSPS) is 21.4. The van der Waals surface area contributed by atoms with Gasteiger partial charge in [0.15, 0.2) is 0 Å². The minimum atomic E-state index is 0.355. The Hall–Kier alpha value is -0.850. The Bertz CT molecular complexity index is 410. The number of hydrogen-bond acceptors (Lipinski definition) is 3. The molecule has 2 aliphatic rings. The average Bonchev–Trinajstić information content (AvgIpc) is 3.22. The van der Waals surface area contributed by atoms with Gasteiger partial charge in [-0.15, -0.1) is 0 Å². The van der Waals surface area contributed by atoms with E-state index in [1.807, 2.05) is 0 Å². The van der Waals surface area contributed by atoms with Gasteiger partial charge in [0.2, 0.25) is 0 Å². The van der Waals surface area contributed by atoms with Crippen LogP contribution in [0, 0.1) is 16.7 Å². The second kappa shape index (κ2) is 4.44. The topological polar surface area (TPSA) is 27.0 Å². The Kier molecular flexibility index (Phi) is 2.94. The lowest BCUT2D eigenvalue weighted by Crippen LogP contribution is -2.31. The molecule has 0 aliphatic heterocycles. The summed E-state index contributed by atoms with van der Waals surface area (Å²) >= 11 is 1.78. The highest BCUT2D eigenvalue weighted by Gasteiger charge is 2.45. The number of thiophene rings is 1. The van der Waals surface area contributed by atoms with Crippen molar-refractivity contribution in [2.75, 3.05) is 6.54 Å². The quantitative estimate of drug-likeness (QED) is 0.769. The summed E-state index contributed by atoms with van der Waals surface area (Å²) in [7, 11) is 0. The van der Waals surface area contributed by atoms with Gasteiger partial charge in [-0.25, -0.2) is 0 Å². The number of nitrogens with zero attached hydrogens (tertiary/aromatic N) is 2. The van der Waals surface area contributed by atoms with Crippen LogP contribution in [0.3, 0.4) is 0 Å². The van der Waals surface area contributed by atoms with Crippen molar-refractivity contribution in [2.45, 2.75) is 44.7 Å². The zero-order valence-electron chi connectivity index (χ0n) is 10.1. The van der Waals surface area contributed by atoms with Crippen LogP contribution in [0.5, 0.6) is 0 Å². The Morgan fingerprint density at radius 2 is 2.29 bits per heavy atom. The highest BCUT2D eigenvalue weighted by molar-refractivity contribution is 7.07. The van der Waals surface area contributed by atoms with Gasteiger partial charge in [-0.2, -0.15) is 16.6 Å². The first-order chi connectivity index (χ1) is 8.31. The van der Waals surface area contributed by atoms with E-state index >= 15 is 0 Å². The second-order valence-electron chi connectivity index (χ2n) is 5.60. The van der Waals surface area contributed by atoms with E-state index in [4.69, 9.17) is 5.26 Å². The molecule has 0 radical (unpaired) electrons. The Morgan fingerprint density at radius 1 is 1.47 bits per heavy atom. The molecule has 0 bridgehead atoms. The molecule has 1 heterocycles. The fraction of sp³-hybridized carbons (Fsp3) is 0.643. The van der Waals surface area contributed by atoms with E-state index in [9.17, 15) is 0 Å². The summed E-state index contributed by atoms with van der Waals surface area (Å²) in [6, 6.07) is 5.39. The van der Waals surface area contributed by atoms with E-state index in [0.29, 0.717) is 5.41 Å². The van der Waals surface area contributed by atoms with Gasteiger partial charge in [0.05, 0.1) is 6.07 Å². The van der Waals surface area contributed by atoms with Crippen LogP contribution < -0.4 is 0 Å². The first-order valence-electron chi connectivity index (χ1n) is 6.43. The average molecular weight is 246 g/mol. The summed E-state index contributed by atoms with van der Waals surface area (Å²) in [5.74, 6) is 0. The highest BCUT2D eigenvalue weighted by Crippen LogP contribution is 2.50. The third kappa shape index (κ3) is 2.70. The predicted octanol–water partition coefficient (Wildman–Crippen LogP) is 3.41. The van der Waals surface area contributed by atoms with Gasteiger partial charge < -0.3 is 0 Å².